The van der Waals surface area contributed by atoms with Gasteiger partial charge in [0.15, 0.2) is 18.2 Å². The normalized spacial score (nSPS) is 18.3. The molecule has 34 heavy (non-hydrogen) atoms. The number of Topliss-reactive ketones (excluding diaryl/α,β-unsaturated/α-hetero) is 2. The average molecular weight is 478 g/mol. The molecule has 2 aromatic carbocycles. The highest BCUT2D eigenvalue weighted by Crippen LogP contribution is 2.48. The highest BCUT2D eigenvalue weighted by Gasteiger charge is 2.41. The molecule has 0 unspecified atom stereocenters. The van der Waals surface area contributed by atoms with Gasteiger partial charge in [-0.1, -0.05) is 23.7 Å². The number of ether oxygens (including phenoxy) is 2. The third-order valence-corrected chi connectivity index (χ3v) is 6.58. The number of rotatable bonds is 5. The highest BCUT2D eigenvalue weighted by atomic mass is 35.5. The molecule has 7 heteroatoms. The molecule has 3 aliphatic rings. The van der Waals surface area contributed by atoms with Crippen LogP contribution < -0.4 is 10.1 Å². The molecular weight excluding hydrogens is 454 g/mol. The maximum atomic E-state index is 12.9. The molecule has 0 bridgehead atoms. The van der Waals surface area contributed by atoms with Gasteiger partial charge in [0.05, 0.1) is 0 Å². The van der Waals surface area contributed by atoms with Crippen LogP contribution in [0.3, 0.4) is 0 Å². The van der Waals surface area contributed by atoms with Gasteiger partial charge in [-0.05, 0) is 54.8 Å². The smallest absolute Gasteiger partial charge is 0.262 e. The molecule has 0 atom stereocenters. The summed E-state index contributed by atoms with van der Waals surface area (Å²) in [6, 6.07) is 14.1. The molecule has 1 heterocycles. The van der Waals surface area contributed by atoms with E-state index in [-0.39, 0.29) is 24.1 Å². The number of carbonyl (C=O) groups excluding carboxylic acids is 3. The van der Waals surface area contributed by atoms with Gasteiger partial charge < -0.3 is 14.8 Å². The number of benzene rings is 2. The van der Waals surface area contributed by atoms with E-state index < -0.39 is 5.92 Å². The minimum atomic E-state index is -0.453. The predicted molar refractivity (Wildman–Crippen MR) is 128 cm³/mol. The summed E-state index contributed by atoms with van der Waals surface area (Å²) in [6.07, 6.45) is 3.82. The van der Waals surface area contributed by atoms with Crippen molar-refractivity contribution in [2.24, 2.45) is 0 Å². The molecule has 0 spiro atoms. The number of hydrogen-bond acceptors (Lipinski definition) is 5. The van der Waals surface area contributed by atoms with E-state index in [2.05, 4.69) is 5.32 Å². The SMILES string of the molecule is O=C(COc1cccc(C2C3=C(CCCC3=O)OC3=C2C(=O)CCC3)c1)Nc1ccc(Cl)cc1. The van der Waals surface area contributed by atoms with E-state index >= 15 is 0 Å². The van der Waals surface area contributed by atoms with E-state index in [1.807, 2.05) is 18.2 Å². The number of amides is 1. The van der Waals surface area contributed by atoms with Crippen molar-refractivity contribution in [3.05, 3.63) is 81.8 Å². The number of anilines is 1. The van der Waals surface area contributed by atoms with Gasteiger partial charge in [-0.2, -0.15) is 0 Å². The van der Waals surface area contributed by atoms with E-state index in [9.17, 15) is 14.4 Å². The molecule has 0 saturated heterocycles. The first-order valence-electron chi connectivity index (χ1n) is 11.5. The van der Waals surface area contributed by atoms with Gasteiger partial charge in [0.25, 0.3) is 5.91 Å². The fourth-order valence-corrected chi connectivity index (χ4v) is 4.94. The Bertz CT molecular complexity index is 1190. The summed E-state index contributed by atoms with van der Waals surface area (Å²) in [5.74, 6) is 1.19. The van der Waals surface area contributed by atoms with Crippen LogP contribution in [0.4, 0.5) is 5.69 Å². The Morgan fingerprint density at radius 3 is 2.24 bits per heavy atom. The molecule has 5 rings (SSSR count). The molecule has 0 fully saturated rings. The van der Waals surface area contributed by atoms with Crippen LogP contribution in [0.5, 0.6) is 5.75 Å². The van der Waals surface area contributed by atoms with Crippen molar-refractivity contribution in [2.45, 2.75) is 44.4 Å². The van der Waals surface area contributed by atoms with Crippen LogP contribution in [0.1, 0.15) is 50.0 Å². The predicted octanol–water partition coefficient (Wildman–Crippen LogP) is 5.49. The Kier molecular flexibility index (Phi) is 6.24. The number of nitrogens with one attached hydrogen (secondary N) is 1. The summed E-state index contributed by atoms with van der Waals surface area (Å²) in [6.45, 7) is -0.181. The van der Waals surface area contributed by atoms with Crippen molar-refractivity contribution in [1.82, 2.24) is 0 Å². The number of ketones is 2. The second kappa shape index (κ2) is 9.47. The lowest BCUT2D eigenvalue weighted by Gasteiger charge is -2.36. The van der Waals surface area contributed by atoms with Crippen molar-refractivity contribution in [2.75, 3.05) is 11.9 Å². The largest absolute Gasteiger partial charge is 0.484 e. The van der Waals surface area contributed by atoms with Crippen LogP contribution >= 0.6 is 11.6 Å². The van der Waals surface area contributed by atoms with Crippen LogP contribution in [0.25, 0.3) is 0 Å². The maximum Gasteiger partial charge on any atom is 0.262 e. The van der Waals surface area contributed by atoms with Gasteiger partial charge >= 0.3 is 0 Å². The monoisotopic (exact) mass is 477 g/mol. The number of allylic oxidation sites excluding steroid dienone is 4. The zero-order valence-electron chi connectivity index (χ0n) is 18.6. The van der Waals surface area contributed by atoms with Crippen molar-refractivity contribution in [1.29, 1.82) is 0 Å². The first-order chi connectivity index (χ1) is 16.5. The first-order valence-corrected chi connectivity index (χ1v) is 11.9. The Labute approximate surface area is 202 Å². The third kappa shape index (κ3) is 4.50. The fraction of sp³-hybridized carbons (Fsp3) is 0.296. The molecule has 0 aromatic heterocycles. The molecule has 0 saturated carbocycles. The minimum Gasteiger partial charge on any atom is -0.484 e. The average Bonchev–Trinajstić information content (AvgIpc) is 2.83. The Balaban J connectivity index is 1.39. The van der Waals surface area contributed by atoms with Crippen LogP contribution in [0, 0.1) is 0 Å². The second-order valence-corrected chi connectivity index (χ2v) is 9.11. The van der Waals surface area contributed by atoms with Gasteiger partial charge in [0, 0.05) is 53.5 Å². The first kappa shape index (κ1) is 22.4. The molecular formula is C27H24ClNO5. The maximum absolute atomic E-state index is 12.9. The third-order valence-electron chi connectivity index (χ3n) is 6.33. The van der Waals surface area contributed by atoms with Crippen LogP contribution in [0.15, 0.2) is 71.2 Å². The van der Waals surface area contributed by atoms with Gasteiger partial charge in [0.2, 0.25) is 0 Å². The summed E-state index contributed by atoms with van der Waals surface area (Å²) in [4.78, 5) is 38.2. The number of carbonyl (C=O) groups is 3. The Hall–Kier alpha value is -3.38. The number of halogens is 1. The lowest BCUT2D eigenvalue weighted by molar-refractivity contribution is -0.119. The highest BCUT2D eigenvalue weighted by molar-refractivity contribution is 6.30. The standard InChI is InChI=1S/C27H24ClNO5/c28-17-10-12-18(13-11-17)29-24(32)15-33-19-5-1-4-16(14-19)25-26-20(30)6-2-8-22(26)34-23-9-3-7-21(31)27(23)25/h1,4-5,10-14,25H,2-3,6-9,15H2,(H,29,32). The van der Waals surface area contributed by atoms with Crippen molar-refractivity contribution in [3.8, 4) is 5.75 Å². The van der Waals surface area contributed by atoms with E-state index in [1.54, 1.807) is 30.3 Å². The summed E-state index contributed by atoms with van der Waals surface area (Å²) >= 11 is 5.88. The van der Waals surface area contributed by atoms with Crippen molar-refractivity contribution >= 4 is 34.8 Å². The van der Waals surface area contributed by atoms with E-state index in [1.165, 1.54) is 0 Å². The lowest BCUT2D eigenvalue weighted by Crippen LogP contribution is -2.30. The summed E-state index contributed by atoms with van der Waals surface area (Å²) in [5, 5.41) is 3.35. The summed E-state index contributed by atoms with van der Waals surface area (Å²) < 4.78 is 11.8. The Morgan fingerprint density at radius 2 is 1.59 bits per heavy atom. The van der Waals surface area contributed by atoms with E-state index in [0.717, 1.165) is 18.4 Å². The van der Waals surface area contributed by atoms with Crippen LogP contribution in [0.2, 0.25) is 5.02 Å². The number of hydrogen-bond donors (Lipinski definition) is 1. The Morgan fingerprint density at radius 1 is 0.941 bits per heavy atom. The molecule has 174 valence electrons. The minimum absolute atomic E-state index is 0.0323. The molecule has 2 aliphatic carbocycles. The second-order valence-electron chi connectivity index (χ2n) is 8.68. The quantitative estimate of drug-likeness (QED) is 0.616. The molecule has 1 amide bonds. The fourth-order valence-electron chi connectivity index (χ4n) is 4.81. The zero-order valence-corrected chi connectivity index (χ0v) is 19.3. The van der Waals surface area contributed by atoms with E-state index in [0.29, 0.717) is 64.8 Å². The van der Waals surface area contributed by atoms with Crippen LogP contribution in [-0.2, 0) is 19.1 Å². The van der Waals surface area contributed by atoms with Gasteiger partial charge in [-0.3, -0.25) is 14.4 Å². The molecule has 1 N–H and O–H groups in total. The topological polar surface area (TPSA) is 81.7 Å². The van der Waals surface area contributed by atoms with Gasteiger partial charge in [-0.15, -0.1) is 0 Å². The van der Waals surface area contributed by atoms with Crippen molar-refractivity contribution < 1.29 is 23.9 Å². The molecule has 1 aliphatic heterocycles. The van der Waals surface area contributed by atoms with Gasteiger partial charge in [-0.25, -0.2) is 0 Å². The molecule has 6 nitrogen and oxygen atoms in total. The lowest BCUT2D eigenvalue weighted by atomic mass is 9.73. The summed E-state index contributed by atoms with van der Waals surface area (Å²) in [7, 11) is 0. The molecule has 0 radical (unpaired) electrons. The zero-order chi connectivity index (χ0) is 23.7. The molecule has 2 aromatic rings. The van der Waals surface area contributed by atoms with E-state index in [4.69, 9.17) is 21.1 Å². The van der Waals surface area contributed by atoms with Crippen LogP contribution in [-0.4, -0.2) is 24.1 Å². The van der Waals surface area contributed by atoms with Gasteiger partial charge in [0.1, 0.15) is 17.3 Å². The summed E-state index contributed by atoms with van der Waals surface area (Å²) in [5.41, 5.74) is 2.61. The van der Waals surface area contributed by atoms with Crippen molar-refractivity contribution in [3.63, 3.8) is 0 Å².